The van der Waals surface area contributed by atoms with Gasteiger partial charge in [-0.1, -0.05) is 11.6 Å². The normalized spacial score (nSPS) is 11.4. The first-order chi connectivity index (χ1) is 12.7. The van der Waals surface area contributed by atoms with Gasteiger partial charge in [-0.05, 0) is 24.3 Å². The zero-order valence-corrected chi connectivity index (χ0v) is 14.6. The van der Waals surface area contributed by atoms with Gasteiger partial charge in [0.1, 0.15) is 12.1 Å². The summed E-state index contributed by atoms with van der Waals surface area (Å²) in [6.45, 7) is 0. The van der Waals surface area contributed by atoms with Crippen LogP contribution in [0.3, 0.4) is 0 Å². The number of H-pyrrole nitrogens is 1. The van der Waals surface area contributed by atoms with E-state index in [4.69, 9.17) is 17.3 Å². The fraction of sp³-hybridized carbons (Fsp3) is 0.118. The fourth-order valence-corrected chi connectivity index (χ4v) is 2.74. The number of nitrogens with zero attached hydrogens (tertiary/aromatic N) is 2. The van der Waals surface area contributed by atoms with Crippen molar-refractivity contribution >= 4 is 23.3 Å². The number of hydrogen-bond donors (Lipinski definition) is 3. The van der Waals surface area contributed by atoms with Crippen LogP contribution < -0.4 is 11.1 Å². The molecule has 4 N–H and O–H groups in total. The van der Waals surface area contributed by atoms with E-state index in [-0.39, 0.29) is 27.7 Å². The average molecular weight is 396 g/mol. The van der Waals surface area contributed by atoms with E-state index < -0.39 is 17.6 Å². The van der Waals surface area contributed by atoms with Gasteiger partial charge in [-0.25, -0.2) is 9.97 Å². The summed E-state index contributed by atoms with van der Waals surface area (Å²) in [6.07, 6.45) is -3.31. The Morgan fingerprint density at radius 1 is 1.22 bits per heavy atom. The van der Waals surface area contributed by atoms with Gasteiger partial charge in [-0.2, -0.15) is 13.2 Å². The third-order valence-corrected chi connectivity index (χ3v) is 4.15. The highest BCUT2D eigenvalue weighted by molar-refractivity contribution is 6.33. The molecule has 1 aromatic carbocycles. The van der Waals surface area contributed by atoms with Crippen molar-refractivity contribution in [1.82, 2.24) is 20.3 Å². The molecular formula is C17H13ClF3N5O. The molecule has 2 aromatic heterocycles. The van der Waals surface area contributed by atoms with Gasteiger partial charge < -0.3 is 16.0 Å². The number of alkyl halides is 3. The van der Waals surface area contributed by atoms with E-state index >= 15 is 0 Å². The molecule has 0 spiro atoms. The number of benzene rings is 1. The van der Waals surface area contributed by atoms with Crippen LogP contribution in [-0.4, -0.2) is 27.9 Å². The summed E-state index contributed by atoms with van der Waals surface area (Å²) >= 11 is 6.12. The molecule has 140 valence electrons. The lowest BCUT2D eigenvalue weighted by Gasteiger charge is -2.11. The number of rotatable bonds is 3. The maximum absolute atomic E-state index is 13.1. The molecule has 1 amide bonds. The number of anilines is 1. The van der Waals surface area contributed by atoms with Crippen molar-refractivity contribution in [2.24, 2.45) is 0 Å². The number of halogens is 4. The predicted octanol–water partition coefficient (Wildman–Crippen LogP) is 3.75. The number of nitrogens with one attached hydrogen (secondary N) is 2. The van der Waals surface area contributed by atoms with Gasteiger partial charge in [0.05, 0.1) is 28.2 Å². The number of nitrogens with two attached hydrogens (primary N) is 1. The minimum absolute atomic E-state index is 0.0402. The number of carbonyl (C=O) groups is 1. The van der Waals surface area contributed by atoms with Crippen molar-refractivity contribution in [3.63, 3.8) is 0 Å². The van der Waals surface area contributed by atoms with Crippen LogP contribution in [0.1, 0.15) is 15.9 Å². The lowest BCUT2D eigenvalue weighted by atomic mass is 10.0. The summed E-state index contributed by atoms with van der Waals surface area (Å²) < 4.78 is 39.3. The quantitative estimate of drug-likeness (QED) is 0.629. The van der Waals surface area contributed by atoms with Crippen LogP contribution in [0.15, 0.2) is 36.7 Å². The molecule has 0 fully saturated rings. The Morgan fingerprint density at radius 2 is 1.96 bits per heavy atom. The van der Waals surface area contributed by atoms with Crippen molar-refractivity contribution in [2.75, 3.05) is 12.8 Å². The lowest BCUT2D eigenvalue weighted by Crippen LogP contribution is -2.18. The largest absolute Gasteiger partial charge is 0.416 e. The minimum atomic E-state index is -4.55. The molecule has 0 saturated heterocycles. The number of amides is 1. The predicted molar refractivity (Wildman–Crippen MR) is 95.1 cm³/mol. The van der Waals surface area contributed by atoms with Gasteiger partial charge in [-0.3, -0.25) is 4.79 Å². The van der Waals surface area contributed by atoms with E-state index in [0.717, 1.165) is 18.2 Å². The van der Waals surface area contributed by atoms with E-state index in [1.165, 1.54) is 25.5 Å². The maximum Gasteiger partial charge on any atom is 0.416 e. The van der Waals surface area contributed by atoms with Crippen molar-refractivity contribution < 1.29 is 18.0 Å². The van der Waals surface area contributed by atoms with E-state index in [1.807, 2.05) is 0 Å². The van der Waals surface area contributed by atoms with Gasteiger partial charge in [0, 0.05) is 23.7 Å². The van der Waals surface area contributed by atoms with E-state index in [2.05, 4.69) is 20.3 Å². The number of hydrogen-bond acceptors (Lipinski definition) is 4. The summed E-state index contributed by atoms with van der Waals surface area (Å²) in [5, 5.41) is 2.51. The molecule has 27 heavy (non-hydrogen) atoms. The number of carbonyl (C=O) groups excluding carboxylic acids is 1. The molecule has 0 saturated carbocycles. The standard InChI is InChI=1S/C17H13ClF3N5O/c1-23-16(27)10-5-13(12-6-14(22)25-7-24-12)26-15(10)9-4-8(17(19,20)21)2-3-11(9)18/h2-7,26H,1H3,(H,23,27)(H2,22,24,25). The second-order valence-electron chi connectivity index (χ2n) is 5.57. The molecule has 0 aliphatic carbocycles. The van der Waals surface area contributed by atoms with Crippen LogP contribution in [0, 0.1) is 0 Å². The maximum atomic E-state index is 13.1. The highest BCUT2D eigenvalue weighted by Gasteiger charge is 2.31. The van der Waals surface area contributed by atoms with Crippen molar-refractivity contribution in [1.29, 1.82) is 0 Å². The van der Waals surface area contributed by atoms with Gasteiger partial charge in [0.2, 0.25) is 0 Å². The first-order valence-electron chi connectivity index (χ1n) is 7.61. The zero-order chi connectivity index (χ0) is 19.8. The molecule has 0 atom stereocenters. The Labute approximate surface area is 156 Å². The monoisotopic (exact) mass is 395 g/mol. The first kappa shape index (κ1) is 18.7. The first-order valence-corrected chi connectivity index (χ1v) is 7.98. The summed E-state index contributed by atoms with van der Waals surface area (Å²) in [7, 11) is 1.41. The molecule has 0 aliphatic heterocycles. The van der Waals surface area contributed by atoms with Crippen molar-refractivity contribution in [3.8, 4) is 22.6 Å². The Hall–Kier alpha value is -3.07. The minimum Gasteiger partial charge on any atom is -0.384 e. The summed E-state index contributed by atoms with van der Waals surface area (Å²) in [4.78, 5) is 23.0. The Kier molecular flexibility index (Phi) is 4.79. The number of aromatic amines is 1. The van der Waals surface area contributed by atoms with Crippen LogP contribution >= 0.6 is 11.6 Å². The van der Waals surface area contributed by atoms with Crippen LogP contribution in [0.5, 0.6) is 0 Å². The van der Waals surface area contributed by atoms with Crippen molar-refractivity contribution in [2.45, 2.75) is 6.18 Å². The van der Waals surface area contributed by atoms with Gasteiger partial charge in [0.15, 0.2) is 0 Å². The third-order valence-electron chi connectivity index (χ3n) is 3.82. The van der Waals surface area contributed by atoms with E-state index in [1.54, 1.807) is 0 Å². The molecule has 0 bridgehead atoms. The molecule has 6 nitrogen and oxygen atoms in total. The molecule has 3 aromatic rings. The topological polar surface area (TPSA) is 96.7 Å². The lowest BCUT2D eigenvalue weighted by molar-refractivity contribution is -0.137. The summed E-state index contributed by atoms with van der Waals surface area (Å²) in [6, 6.07) is 5.83. The number of aromatic nitrogens is 3. The molecule has 2 heterocycles. The van der Waals surface area contributed by atoms with E-state index in [0.29, 0.717) is 11.4 Å². The fourth-order valence-electron chi connectivity index (χ4n) is 2.53. The van der Waals surface area contributed by atoms with Crippen LogP contribution in [-0.2, 0) is 6.18 Å². The summed E-state index contributed by atoms with van der Waals surface area (Å²) in [5.41, 5.74) is 5.81. The Bertz CT molecular complexity index is 1020. The molecular weight excluding hydrogens is 383 g/mol. The Morgan fingerprint density at radius 3 is 2.59 bits per heavy atom. The van der Waals surface area contributed by atoms with Gasteiger partial charge >= 0.3 is 6.18 Å². The van der Waals surface area contributed by atoms with Gasteiger partial charge in [-0.15, -0.1) is 0 Å². The molecule has 3 rings (SSSR count). The molecule has 10 heteroatoms. The zero-order valence-electron chi connectivity index (χ0n) is 13.9. The molecule has 0 unspecified atom stereocenters. The highest BCUT2D eigenvalue weighted by Crippen LogP contribution is 2.38. The Balaban J connectivity index is 2.22. The second-order valence-corrected chi connectivity index (χ2v) is 5.98. The smallest absolute Gasteiger partial charge is 0.384 e. The van der Waals surface area contributed by atoms with Crippen LogP contribution in [0.4, 0.5) is 19.0 Å². The SMILES string of the molecule is CNC(=O)c1cc(-c2cc(N)ncn2)[nH]c1-c1cc(C(F)(F)F)ccc1Cl. The summed E-state index contributed by atoms with van der Waals surface area (Å²) in [5.74, 6) is -0.294. The van der Waals surface area contributed by atoms with E-state index in [9.17, 15) is 18.0 Å². The highest BCUT2D eigenvalue weighted by atomic mass is 35.5. The van der Waals surface area contributed by atoms with Crippen LogP contribution in [0.2, 0.25) is 5.02 Å². The molecule has 0 radical (unpaired) electrons. The van der Waals surface area contributed by atoms with Crippen molar-refractivity contribution in [3.05, 3.63) is 52.8 Å². The number of nitrogen functional groups attached to an aromatic ring is 1. The molecule has 0 aliphatic rings. The average Bonchev–Trinajstić information content (AvgIpc) is 3.05. The third kappa shape index (κ3) is 3.72. The van der Waals surface area contributed by atoms with Crippen LogP contribution in [0.25, 0.3) is 22.6 Å². The van der Waals surface area contributed by atoms with Gasteiger partial charge in [0.25, 0.3) is 5.91 Å². The second kappa shape index (κ2) is 6.92.